The number of amidine groups is 1. The van der Waals surface area contributed by atoms with Crippen LogP contribution >= 0.6 is 0 Å². The fraction of sp³-hybridized carbons (Fsp3) is 0.400. The molecule has 0 unspecified atom stereocenters. The van der Waals surface area contributed by atoms with E-state index in [-0.39, 0.29) is 11.9 Å². The number of nitrogens with one attached hydrogen (secondary N) is 1. The monoisotopic (exact) mass is 209 g/mol. The van der Waals surface area contributed by atoms with Gasteiger partial charge in [-0.3, -0.25) is 9.82 Å². The van der Waals surface area contributed by atoms with Crippen molar-refractivity contribution in [1.29, 1.82) is 0 Å². The van der Waals surface area contributed by atoms with Gasteiger partial charge < -0.3 is 5.21 Å². The van der Waals surface area contributed by atoms with E-state index in [9.17, 15) is 0 Å². The summed E-state index contributed by atoms with van der Waals surface area (Å²) in [6, 6.07) is 1.75. The second-order valence-corrected chi connectivity index (χ2v) is 3.41. The molecular weight excluding hydrogens is 194 g/mol. The lowest BCUT2D eigenvalue weighted by atomic mass is 10.1. The Morgan fingerprint density at radius 2 is 2.33 bits per heavy atom. The minimum absolute atomic E-state index is 0.00360. The van der Waals surface area contributed by atoms with E-state index in [0.717, 1.165) is 11.1 Å². The van der Waals surface area contributed by atoms with Crippen LogP contribution in [-0.2, 0) is 4.84 Å². The molecule has 2 N–H and O–H groups in total. The molecule has 15 heavy (non-hydrogen) atoms. The largest absolute Gasteiger partial charge is 0.409 e. The number of nitrogens with zero attached hydrogens (tertiary/aromatic N) is 2. The van der Waals surface area contributed by atoms with E-state index < -0.39 is 0 Å². The van der Waals surface area contributed by atoms with Crippen LogP contribution in [-0.4, -0.2) is 22.1 Å². The van der Waals surface area contributed by atoms with E-state index >= 15 is 0 Å². The standard InChI is InChI=1S/C10H15N3O2/c1-7(2)15-13-10(12-14)9-4-5-11-6-8(9)3/h4-7,14H,1-3H3,(H,12,13). The Morgan fingerprint density at radius 3 is 2.87 bits per heavy atom. The molecule has 1 aromatic heterocycles. The SMILES string of the molecule is Cc1cnccc1/C(=N/O)NOC(C)C. The highest BCUT2D eigenvalue weighted by Gasteiger charge is 2.07. The number of aryl methyl sites for hydroxylation is 1. The third-order valence-corrected chi connectivity index (χ3v) is 1.77. The van der Waals surface area contributed by atoms with E-state index in [1.165, 1.54) is 0 Å². The summed E-state index contributed by atoms with van der Waals surface area (Å²) in [7, 11) is 0. The van der Waals surface area contributed by atoms with Crippen LogP contribution in [0.3, 0.4) is 0 Å². The van der Waals surface area contributed by atoms with Crippen LogP contribution in [0.15, 0.2) is 23.6 Å². The van der Waals surface area contributed by atoms with E-state index in [1.807, 2.05) is 20.8 Å². The molecule has 1 rings (SSSR count). The molecule has 1 aromatic rings. The van der Waals surface area contributed by atoms with Gasteiger partial charge in [0, 0.05) is 18.0 Å². The van der Waals surface area contributed by atoms with Crippen molar-refractivity contribution in [3.8, 4) is 0 Å². The second kappa shape index (κ2) is 5.31. The smallest absolute Gasteiger partial charge is 0.196 e. The van der Waals surface area contributed by atoms with Gasteiger partial charge in [-0.15, -0.1) is 0 Å². The number of aromatic nitrogens is 1. The van der Waals surface area contributed by atoms with Crippen molar-refractivity contribution >= 4 is 5.84 Å². The summed E-state index contributed by atoms with van der Waals surface area (Å²) >= 11 is 0. The van der Waals surface area contributed by atoms with Crippen molar-refractivity contribution in [3.05, 3.63) is 29.6 Å². The predicted molar refractivity (Wildman–Crippen MR) is 56.7 cm³/mol. The molecule has 0 bridgehead atoms. The quantitative estimate of drug-likeness (QED) is 0.342. The number of hydrogen-bond donors (Lipinski definition) is 2. The highest BCUT2D eigenvalue weighted by atomic mass is 16.7. The molecular formula is C10H15N3O2. The van der Waals surface area contributed by atoms with Crippen LogP contribution in [0.4, 0.5) is 0 Å². The summed E-state index contributed by atoms with van der Waals surface area (Å²) in [6.07, 6.45) is 3.33. The van der Waals surface area contributed by atoms with Gasteiger partial charge in [0.2, 0.25) is 0 Å². The molecule has 0 saturated heterocycles. The molecule has 1 heterocycles. The van der Waals surface area contributed by atoms with Crippen LogP contribution in [0.25, 0.3) is 0 Å². The summed E-state index contributed by atoms with van der Waals surface area (Å²) in [5.41, 5.74) is 4.26. The normalized spacial score (nSPS) is 11.9. The third kappa shape index (κ3) is 3.21. The molecule has 5 nitrogen and oxygen atoms in total. The van der Waals surface area contributed by atoms with Crippen LogP contribution in [0.2, 0.25) is 0 Å². The first-order valence-electron chi connectivity index (χ1n) is 4.70. The molecule has 0 aliphatic rings. The van der Waals surface area contributed by atoms with Gasteiger partial charge in [0.15, 0.2) is 5.84 Å². The molecule has 0 atom stereocenters. The highest BCUT2D eigenvalue weighted by molar-refractivity contribution is 5.98. The highest BCUT2D eigenvalue weighted by Crippen LogP contribution is 2.05. The van der Waals surface area contributed by atoms with Gasteiger partial charge in [-0.2, -0.15) is 0 Å². The number of hydroxylamine groups is 1. The number of hydrogen-bond acceptors (Lipinski definition) is 4. The van der Waals surface area contributed by atoms with Gasteiger partial charge in [-0.05, 0) is 32.4 Å². The van der Waals surface area contributed by atoms with Crippen molar-refractivity contribution in [2.24, 2.45) is 5.16 Å². The van der Waals surface area contributed by atoms with Crippen molar-refractivity contribution in [2.45, 2.75) is 26.9 Å². The zero-order chi connectivity index (χ0) is 11.3. The van der Waals surface area contributed by atoms with Gasteiger partial charge in [-0.1, -0.05) is 5.16 Å². The Labute approximate surface area is 88.7 Å². The summed E-state index contributed by atoms with van der Waals surface area (Å²) < 4.78 is 0. The molecule has 5 heteroatoms. The van der Waals surface area contributed by atoms with Crippen molar-refractivity contribution in [1.82, 2.24) is 10.5 Å². The van der Waals surface area contributed by atoms with Crippen LogP contribution < -0.4 is 5.48 Å². The minimum atomic E-state index is 0.00360. The molecule has 0 aliphatic carbocycles. The summed E-state index contributed by atoms with van der Waals surface area (Å²) in [5.74, 6) is 0.281. The fourth-order valence-electron chi connectivity index (χ4n) is 1.04. The lowest BCUT2D eigenvalue weighted by Gasteiger charge is -2.12. The summed E-state index contributed by atoms with van der Waals surface area (Å²) in [4.78, 5) is 9.09. The Hall–Kier alpha value is -1.62. The van der Waals surface area contributed by atoms with Gasteiger partial charge in [0.05, 0.1) is 6.10 Å². The fourth-order valence-corrected chi connectivity index (χ4v) is 1.04. The Kier molecular flexibility index (Phi) is 4.05. The number of rotatable bonds is 3. The topological polar surface area (TPSA) is 66.7 Å². The maximum absolute atomic E-state index is 8.84. The molecule has 0 saturated carbocycles. The van der Waals surface area contributed by atoms with E-state index in [0.29, 0.717) is 0 Å². The number of oxime groups is 1. The minimum Gasteiger partial charge on any atom is -0.409 e. The Balaban J connectivity index is 2.80. The molecule has 0 amide bonds. The first-order chi connectivity index (χ1) is 7.15. The molecule has 82 valence electrons. The summed E-state index contributed by atoms with van der Waals surface area (Å²) in [5, 5.41) is 12.0. The maximum atomic E-state index is 8.84. The van der Waals surface area contributed by atoms with E-state index in [4.69, 9.17) is 10.0 Å². The van der Waals surface area contributed by atoms with Crippen LogP contribution in [0.1, 0.15) is 25.0 Å². The Bertz CT molecular complexity index is 350. The van der Waals surface area contributed by atoms with Crippen LogP contribution in [0, 0.1) is 6.92 Å². The molecule has 0 aromatic carbocycles. The average molecular weight is 209 g/mol. The molecule has 0 fully saturated rings. The molecule has 0 aliphatic heterocycles. The zero-order valence-electron chi connectivity index (χ0n) is 9.06. The van der Waals surface area contributed by atoms with E-state index in [2.05, 4.69) is 15.6 Å². The van der Waals surface area contributed by atoms with Gasteiger partial charge in [0.1, 0.15) is 0 Å². The first-order valence-corrected chi connectivity index (χ1v) is 4.70. The molecule has 0 radical (unpaired) electrons. The van der Waals surface area contributed by atoms with Crippen molar-refractivity contribution in [3.63, 3.8) is 0 Å². The summed E-state index contributed by atoms with van der Waals surface area (Å²) in [6.45, 7) is 5.63. The maximum Gasteiger partial charge on any atom is 0.196 e. The number of pyridine rings is 1. The zero-order valence-corrected chi connectivity index (χ0v) is 9.06. The van der Waals surface area contributed by atoms with Crippen molar-refractivity contribution in [2.75, 3.05) is 0 Å². The lowest BCUT2D eigenvalue weighted by molar-refractivity contribution is 0.0318. The molecule has 0 spiro atoms. The van der Waals surface area contributed by atoms with Crippen molar-refractivity contribution < 1.29 is 10.0 Å². The average Bonchev–Trinajstić information content (AvgIpc) is 2.21. The van der Waals surface area contributed by atoms with Gasteiger partial charge >= 0.3 is 0 Å². The third-order valence-electron chi connectivity index (χ3n) is 1.77. The Morgan fingerprint density at radius 1 is 1.60 bits per heavy atom. The predicted octanol–water partition coefficient (Wildman–Crippen LogP) is 1.46. The van der Waals surface area contributed by atoms with Crippen LogP contribution in [0.5, 0.6) is 0 Å². The van der Waals surface area contributed by atoms with E-state index in [1.54, 1.807) is 18.5 Å². The second-order valence-electron chi connectivity index (χ2n) is 3.41. The lowest BCUT2D eigenvalue weighted by Crippen LogP contribution is -2.28. The van der Waals surface area contributed by atoms with Gasteiger partial charge in [0.25, 0.3) is 0 Å². The van der Waals surface area contributed by atoms with Gasteiger partial charge in [-0.25, -0.2) is 5.48 Å². The first kappa shape index (κ1) is 11.5.